The van der Waals surface area contributed by atoms with Crippen molar-refractivity contribution in [1.29, 1.82) is 0 Å². The van der Waals surface area contributed by atoms with Crippen LogP contribution in [0.2, 0.25) is 66.5 Å². The fraction of sp³-hybridized carbons (Fsp3) is 1.00. The normalized spacial score (nSPS) is 35.2. The highest BCUT2D eigenvalue weighted by atomic mass is 30.8. The predicted molar refractivity (Wildman–Crippen MR) is 227 cm³/mol. The van der Waals surface area contributed by atoms with E-state index in [9.17, 15) is 0 Å². The molecule has 0 aromatic rings. The Hall–Kier alpha value is 1.74. The van der Waals surface area contributed by atoms with E-state index < -0.39 is 54.9 Å². The quantitative estimate of drug-likeness (QED) is 0.175. The van der Waals surface area contributed by atoms with Crippen LogP contribution in [0.5, 0.6) is 0 Å². The molecule has 0 atom stereocenters. The Kier molecular flexibility index (Phi) is 10.6. The van der Waals surface area contributed by atoms with Crippen LogP contribution in [0.4, 0.5) is 0 Å². The van der Waals surface area contributed by atoms with E-state index in [-0.39, 0.29) is 0 Å². The van der Waals surface area contributed by atoms with Crippen molar-refractivity contribution in [2.75, 3.05) is 0 Å². The molecule has 0 spiro atoms. The van der Waals surface area contributed by atoms with Crippen molar-refractivity contribution in [1.82, 2.24) is 0 Å². The molecule has 0 aliphatic carbocycles. The second-order valence-electron chi connectivity index (χ2n) is 20.6. The molecule has 3 fully saturated rings. The van der Waals surface area contributed by atoms with E-state index in [1.54, 1.807) is 0 Å². The molecule has 3 aliphatic rings. The molecule has 0 unspecified atom stereocenters. The standard InChI is InChI=1S/C36H84Si8/c1-25(2)37(26(3)4)38(27(5)6,28(7)8)42(34(19)20)41(37,33(17)18)43(35(21)22)39(29(9)10,30(11)12)40(31(13)14,32(15)16)44(42,43)36(23)24/h25-36H,1-24H3. The van der Waals surface area contributed by atoms with E-state index in [1.165, 1.54) is 0 Å². The zero-order valence-electron chi connectivity index (χ0n) is 34.9. The summed E-state index contributed by atoms with van der Waals surface area (Å²) in [7, 11) is -6.53. The molecule has 0 radical (unpaired) electrons. The first-order chi connectivity index (χ1) is 19.8. The number of hydrogen-bond acceptors (Lipinski definition) is 0. The third-order valence-corrected chi connectivity index (χ3v) is 313. The van der Waals surface area contributed by atoms with Gasteiger partial charge in [0.15, 0.2) is 0 Å². The summed E-state index contributed by atoms with van der Waals surface area (Å²) in [6.45, 7) is 63.7. The summed E-state index contributed by atoms with van der Waals surface area (Å²) in [6, 6.07) is 0. The molecule has 8 heteroatoms. The zero-order valence-corrected chi connectivity index (χ0v) is 42.9. The fourth-order valence-corrected chi connectivity index (χ4v) is 721. The highest BCUT2D eigenvalue weighted by molar-refractivity contribution is 8.61. The third kappa shape index (κ3) is 2.98. The van der Waals surface area contributed by atoms with Gasteiger partial charge in [-0.15, -0.1) is 0 Å². The fourth-order valence-electron chi connectivity index (χ4n) is 20.7. The van der Waals surface area contributed by atoms with Crippen molar-refractivity contribution in [3.8, 4) is 0 Å². The summed E-state index contributed by atoms with van der Waals surface area (Å²) in [5, 5.41) is 0. The van der Waals surface area contributed by atoms with Gasteiger partial charge >= 0.3 is 0 Å². The topological polar surface area (TPSA) is 0 Å². The van der Waals surface area contributed by atoms with E-state index in [1.807, 2.05) is 0 Å². The lowest BCUT2D eigenvalue weighted by Gasteiger charge is -3.13. The molecule has 3 aliphatic heterocycles. The van der Waals surface area contributed by atoms with Crippen LogP contribution in [-0.2, 0) is 0 Å². The Morgan fingerprint density at radius 1 is 0.159 bits per heavy atom. The number of fused-ring (bicyclic) bond motifs is 4. The molecule has 3 rings (SSSR count). The Bertz CT molecular complexity index is 856. The molecule has 260 valence electrons. The van der Waals surface area contributed by atoms with Crippen LogP contribution >= 0.6 is 0 Å². The minimum atomic E-state index is -1.63. The first-order valence-electron chi connectivity index (χ1n) is 19.8. The van der Waals surface area contributed by atoms with Crippen molar-refractivity contribution >= 4 is 54.9 Å². The molecule has 0 saturated carbocycles. The van der Waals surface area contributed by atoms with Crippen molar-refractivity contribution in [3.05, 3.63) is 0 Å². The van der Waals surface area contributed by atoms with Gasteiger partial charge in [-0.25, -0.2) is 0 Å². The van der Waals surface area contributed by atoms with Crippen molar-refractivity contribution < 1.29 is 0 Å². The Balaban J connectivity index is 3.07. The predicted octanol–water partition coefficient (Wildman–Crippen LogP) is 13.3. The van der Waals surface area contributed by atoms with Gasteiger partial charge in [-0.05, 0) is 0 Å². The van der Waals surface area contributed by atoms with Gasteiger partial charge in [0.2, 0.25) is 0 Å². The summed E-state index contributed by atoms with van der Waals surface area (Å²) in [5.41, 5.74) is 12.3. The van der Waals surface area contributed by atoms with Gasteiger partial charge in [-0.3, -0.25) is 0 Å². The second-order valence-corrected chi connectivity index (χ2v) is 120. The summed E-state index contributed by atoms with van der Waals surface area (Å²) >= 11 is 0. The summed E-state index contributed by atoms with van der Waals surface area (Å²) < 4.78 is 0. The van der Waals surface area contributed by atoms with Gasteiger partial charge < -0.3 is 0 Å². The third-order valence-electron chi connectivity index (χ3n) is 17.2. The lowest BCUT2D eigenvalue weighted by molar-refractivity contribution is 0.850. The van der Waals surface area contributed by atoms with Crippen molar-refractivity contribution in [2.45, 2.75) is 233 Å². The van der Waals surface area contributed by atoms with E-state index in [4.69, 9.17) is 0 Å². The number of rotatable bonds is 12. The first-order valence-corrected chi connectivity index (χ1v) is 46.7. The van der Waals surface area contributed by atoms with E-state index >= 15 is 0 Å². The molecule has 0 N–H and O–H groups in total. The lowest BCUT2D eigenvalue weighted by Crippen LogP contribution is -3.42. The minimum Gasteiger partial charge on any atom is -0.0658 e. The van der Waals surface area contributed by atoms with Crippen LogP contribution < -0.4 is 0 Å². The molecule has 0 bridgehead atoms. The molecule has 0 nitrogen and oxygen atoms in total. The Labute approximate surface area is 285 Å². The molecule has 0 aromatic heterocycles. The Morgan fingerprint density at radius 3 is 0.295 bits per heavy atom. The van der Waals surface area contributed by atoms with Gasteiger partial charge in [0.1, 0.15) is 0 Å². The molecule has 3 heterocycles. The van der Waals surface area contributed by atoms with Crippen LogP contribution in [-0.4, -0.2) is 54.9 Å². The minimum absolute atomic E-state index is 1.01. The van der Waals surface area contributed by atoms with Gasteiger partial charge in [0, 0.05) is 54.9 Å². The van der Waals surface area contributed by atoms with Crippen LogP contribution in [0.3, 0.4) is 0 Å². The maximum atomic E-state index is 2.98. The number of hydrogen-bond donors (Lipinski definition) is 0. The summed E-state index contributed by atoms with van der Waals surface area (Å²) in [6.07, 6.45) is 0. The summed E-state index contributed by atoms with van der Waals surface area (Å²) in [4.78, 5) is 0. The van der Waals surface area contributed by atoms with Gasteiger partial charge in [0.05, 0.1) is 0 Å². The van der Waals surface area contributed by atoms with Crippen LogP contribution in [0.1, 0.15) is 166 Å². The van der Waals surface area contributed by atoms with E-state index in [2.05, 4.69) is 166 Å². The van der Waals surface area contributed by atoms with Gasteiger partial charge in [0.25, 0.3) is 0 Å². The monoisotopic (exact) mass is 740 g/mol. The highest BCUT2D eigenvalue weighted by Crippen LogP contribution is 2.93. The van der Waals surface area contributed by atoms with Crippen molar-refractivity contribution in [2.24, 2.45) is 0 Å². The van der Waals surface area contributed by atoms with Gasteiger partial charge in [-0.1, -0.05) is 233 Å². The SMILES string of the molecule is CC(C)[Si]1(C(C)C)[Si](C(C)C)(C(C)C)[Si]2(C(C)C)[Si]1(C(C)C)[Si]1(C(C)C)[Si](C(C)C)(C(C)C)[Si](C(C)C)(C(C)C)[Si]21C(C)C. The van der Waals surface area contributed by atoms with E-state index in [0.29, 0.717) is 0 Å². The average molecular weight is 742 g/mol. The maximum absolute atomic E-state index is 2.98. The lowest BCUT2D eigenvalue weighted by atomic mass is 10.5. The van der Waals surface area contributed by atoms with Crippen LogP contribution in [0.15, 0.2) is 0 Å². The van der Waals surface area contributed by atoms with Gasteiger partial charge in [-0.2, -0.15) is 0 Å². The second kappa shape index (κ2) is 11.6. The first kappa shape index (κ1) is 40.2. The smallest absolute Gasteiger partial charge is 0.0400 e. The summed E-state index contributed by atoms with van der Waals surface area (Å²) in [5.74, 6) is 0. The van der Waals surface area contributed by atoms with E-state index in [0.717, 1.165) is 66.5 Å². The molecule has 0 amide bonds. The van der Waals surface area contributed by atoms with Crippen molar-refractivity contribution in [3.63, 3.8) is 0 Å². The molecule has 0 aromatic carbocycles. The Morgan fingerprint density at radius 2 is 0.250 bits per heavy atom. The van der Waals surface area contributed by atoms with Crippen LogP contribution in [0, 0.1) is 0 Å². The largest absolute Gasteiger partial charge is 0.0658 e. The molecular weight excluding hydrogens is 657 g/mol. The molecule has 3 saturated heterocycles. The average Bonchev–Trinajstić information content (AvgIpc) is 2.78. The highest BCUT2D eigenvalue weighted by Gasteiger charge is 3.18. The van der Waals surface area contributed by atoms with Crippen LogP contribution in [0.25, 0.3) is 0 Å². The molecule has 44 heavy (non-hydrogen) atoms. The maximum Gasteiger partial charge on any atom is 0.0400 e. The zero-order chi connectivity index (χ0) is 34.9. The molecular formula is C36H84Si8.